The second kappa shape index (κ2) is 3.72. The Morgan fingerprint density at radius 3 is 2.82 bits per heavy atom. The zero-order chi connectivity index (χ0) is 8.27. The molecule has 11 heavy (non-hydrogen) atoms. The number of hydrogen-bond acceptors (Lipinski definition) is 2. The Morgan fingerprint density at radius 2 is 2.36 bits per heavy atom. The maximum atomic E-state index is 10.5. The summed E-state index contributed by atoms with van der Waals surface area (Å²) in [4.78, 5) is 10.5. The lowest BCUT2D eigenvalue weighted by Crippen LogP contribution is -2.26. The summed E-state index contributed by atoms with van der Waals surface area (Å²) in [5.41, 5.74) is 5.72. The van der Waals surface area contributed by atoms with Crippen LogP contribution in [0.3, 0.4) is 0 Å². The van der Waals surface area contributed by atoms with Crippen LogP contribution in [0.1, 0.15) is 26.2 Å². The molecule has 0 aromatic heterocycles. The molecule has 3 nitrogen and oxygen atoms in total. The summed E-state index contributed by atoms with van der Waals surface area (Å²) >= 11 is 0. The lowest BCUT2D eigenvalue weighted by atomic mass is 10.1. The maximum Gasteiger partial charge on any atom is 0.216 e. The highest BCUT2D eigenvalue weighted by Crippen LogP contribution is 2.22. The number of nitrogens with one attached hydrogen (secondary N) is 1. The van der Waals surface area contributed by atoms with Crippen molar-refractivity contribution in [3.8, 4) is 0 Å². The molecule has 0 bridgehead atoms. The summed E-state index contributed by atoms with van der Waals surface area (Å²) in [7, 11) is 0. The molecule has 0 aromatic carbocycles. The van der Waals surface area contributed by atoms with E-state index >= 15 is 0 Å². The third-order valence-corrected chi connectivity index (χ3v) is 2.22. The monoisotopic (exact) mass is 156 g/mol. The molecule has 3 heteroatoms. The van der Waals surface area contributed by atoms with Gasteiger partial charge in [0.05, 0.1) is 0 Å². The summed E-state index contributed by atoms with van der Waals surface area (Å²) in [5, 5.41) is 2.81. The first-order valence-corrected chi connectivity index (χ1v) is 4.18. The molecule has 3 N–H and O–H groups in total. The van der Waals surface area contributed by atoms with Crippen LogP contribution in [-0.2, 0) is 4.79 Å². The highest BCUT2D eigenvalue weighted by molar-refractivity contribution is 5.72. The van der Waals surface area contributed by atoms with Gasteiger partial charge in [0.1, 0.15) is 0 Å². The molecule has 0 heterocycles. The molecule has 0 saturated heterocycles. The summed E-state index contributed by atoms with van der Waals surface area (Å²) < 4.78 is 0. The molecular formula is C8H16N2O. The Bertz CT molecular complexity index is 147. The van der Waals surface area contributed by atoms with E-state index in [4.69, 9.17) is 5.73 Å². The quantitative estimate of drug-likeness (QED) is 0.602. The molecule has 0 aromatic rings. The van der Waals surface area contributed by atoms with Crippen molar-refractivity contribution >= 4 is 5.91 Å². The Hall–Kier alpha value is -0.570. The molecule has 1 saturated carbocycles. The van der Waals surface area contributed by atoms with Gasteiger partial charge in [-0.25, -0.2) is 0 Å². The summed E-state index contributed by atoms with van der Waals surface area (Å²) in [6.07, 6.45) is 3.35. The molecule has 2 atom stereocenters. The van der Waals surface area contributed by atoms with Crippen LogP contribution in [0.5, 0.6) is 0 Å². The van der Waals surface area contributed by atoms with Crippen molar-refractivity contribution < 1.29 is 4.79 Å². The first-order chi connectivity index (χ1) is 5.18. The van der Waals surface area contributed by atoms with Crippen molar-refractivity contribution in [2.45, 2.75) is 32.2 Å². The van der Waals surface area contributed by atoms with E-state index in [1.54, 1.807) is 6.92 Å². The summed E-state index contributed by atoms with van der Waals surface area (Å²) in [5.74, 6) is 0.680. The Kier molecular flexibility index (Phi) is 2.88. The molecule has 1 aliphatic carbocycles. The van der Waals surface area contributed by atoms with E-state index in [-0.39, 0.29) is 5.91 Å². The normalized spacial score (nSPS) is 30.4. The van der Waals surface area contributed by atoms with Gasteiger partial charge in [-0.1, -0.05) is 0 Å². The van der Waals surface area contributed by atoms with Crippen molar-refractivity contribution in [2.24, 2.45) is 11.7 Å². The van der Waals surface area contributed by atoms with Crippen molar-refractivity contribution in [3.05, 3.63) is 0 Å². The van der Waals surface area contributed by atoms with Crippen LogP contribution in [0.15, 0.2) is 0 Å². The van der Waals surface area contributed by atoms with Gasteiger partial charge >= 0.3 is 0 Å². The van der Waals surface area contributed by atoms with Crippen LogP contribution in [0.2, 0.25) is 0 Å². The Balaban J connectivity index is 2.13. The first kappa shape index (κ1) is 8.53. The van der Waals surface area contributed by atoms with E-state index in [0.717, 1.165) is 19.4 Å². The Morgan fingerprint density at radius 1 is 1.64 bits per heavy atom. The molecule has 1 aliphatic rings. The number of rotatable bonds is 2. The number of nitrogens with two attached hydrogens (primary N) is 1. The molecule has 0 aliphatic heterocycles. The van der Waals surface area contributed by atoms with Gasteiger partial charge in [-0.2, -0.15) is 0 Å². The molecule has 1 amide bonds. The SMILES string of the molecule is CC(=O)NCC1CCC(N)C1. The smallest absolute Gasteiger partial charge is 0.216 e. The minimum Gasteiger partial charge on any atom is -0.356 e. The molecule has 1 rings (SSSR count). The van der Waals surface area contributed by atoms with Crippen LogP contribution < -0.4 is 11.1 Å². The van der Waals surface area contributed by atoms with Gasteiger partial charge < -0.3 is 11.1 Å². The van der Waals surface area contributed by atoms with Crippen LogP contribution in [0, 0.1) is 5.92 Å². The van der Waals surface area contributed by atoms with Crippen molar-refractivity contribution in [2.75, 3.05) is 6.54 Å². The molecule has 64 valence electrons. The molecule has 0 radical (unpaired) electrons. The lowest BCUT2D eigenvalue weighted by Gasteiger charge is -2.08. The number of hydrogen-bond donors (Lipinski definition) is 2. The fraction of sp³-hybridized carbons (Fsp3) is 0.875. The van der Waals surface area contributed by atoms with Crippen LogP contribution in [-0.4, -0.2) is 18.5 Å². The predicted molar refractivity (Wildman–Crippen MR) is 44.0 cm³/mol. The molecule has 2 unspecified atom stereocenters. The molecule has 0 spiro atoms. The fourth-order valence-electron chi connectivity index (χ4n) is 1.59. The predicted octanol–water partition coefficient (Wildman–Crippen LogP) is 0.250. The number of amides is 1. The van der Waals surface area contributed by atoms with E-state index in [9.17, 15) is 4.79 Å². The largest absolute Gasteiger partial charge is 0.356 e. The van der Waals surface area contributed by atoms with Crippen LogP contribution in [0.4, 0.5) is 0 Å². The fourth-order valence-corrected chi connectivity index (χ4v) is 1.59. The first-order valence-electron chi connectivity index (χ1n) is 4.18. The highest BCUT2D eigenvalue weighted by Gasteiger charge is 2.21. The number of carbonyl (C=O) groups excluding carboxylic acids is 1. The maximum absolute atomic E-state index is 10.5. The average molecular weight is 156 g/mol. The molecular weight excluding hydrogens is 140 g/mol. The van der Waals surface area contributed by atoms with Gasteiger partial charge in [-0.05, 0) is 25.2 Å². The molecule has 1 fully saturated rings. The van der Waals surface area contributed by atoms with Gasteiger partial charge in [-0.3, -0.25) is 4.79 Å². The summed E-state index contributed by atoms with van der Waals surface area (Å²) in [6, 6.07) is 0.369. The number of carbonyl (C=O) groups is 1. The van der Waals surface area contributed by atoms with Gasteiger partial charge in [0.2, 0.25) is 5.91 Å². The minimum atomic E-state index is 0.0606. The zero-order valence-electron chi connectivity index (χ0n) is 6.97. The third-order valence-electron chi connectivity index (χ3n) is 2.22. The topological polar surface area (TPSA) is 55.1 Å². The van der Waals surface area contributed by atoms with E-state index in [0.29, 0.717) is 12.0 Å². The third kappa shape index (κ3) is 2.89. The average Bonchev–Trinajstić information content (AvgIpc) is 2.31. The van der Waals surface area contributed by atoms with Crippen molar-refractivity contribution in [3.63, 3.8) is 0 Å². The zero-order valence-corrected chi connectivity index (χ0v) is 6.97. The standard InChI is InChI=1S/C8H16N2O/c1-6(11)10-5-7-2-3-8(9)4-7/h7-8H,2-5,9H2,1H3,(H,10,11). The van der Waals surface area contributed by atoms with Gasteiger partial charge in [0.15, 0.2) is 0 Å². The van der Waals surface area contributed by atoms with E-state index in [1.807, 2.05) is 0 Å². The van der Waals surface area contributed by atoms with E-state index in [2.05, 4.69) is 5.32 Å². The van der Waals surface area contributed by atoms with Gasteiger partial charge in [-0.15, -0.1) is 0 Å². The van der Waals surface area contributed by atoms with Gasteiger partial charge in [0.25, 0.3) is 0 Å². The van der Waals surface area contributed by atoms with Crippen molar-refractivity contribution in [1.82, 2.24) is 5.32 Å². The Labute approximate surface area is 67.3 Å². The van der Waals surface area contributed by atoms with Crippen molar-refractivity contribution in [1.29, 1.82) is 0 Å². The highest BCUT2D eigenvalue weighted by atomic mass is 16.1. The lowest BCUT2D eigenvalue weighted by molar-refractivity contribution is -0.119. The van der Waals surface area contributed by atoms with E-state index in [1.165, 1.54) is 6.42 Å². The second-order valence-corrected chi connectivity index (χ2v) is 3.38. The van der Waals surface area contributed by atoms with Crippen LogP contribution in [0.25, 0.3) is 0 Å². The minimum absolute atomic E-state index is 0.0606. The van der Waals surface area contributed by atoms with E-state index < -0.39 is 0 Å². The van der Waals surface area contributed by atoms with Crippen LogP contribution >= 0.6 is 0 Å². The summed E-state index contributed by atoms with van der Waals surface area (Å²) in [6.45, 7) is 2.36. The van der Waals surface area contributed by atoms with Gasteiger partial charge in [0, 0.05) is 19.5 Å². The second-order valence-electron chi connectivity index (χ2n) is 3.38.